The molecule has 2 atom stereocenters. The Hall–Kier alpha value is -3.54. The summed E-state index contributed by atoms with van der Waals surface area (Å²) in [5, 5.41) is 19.5. The number of aliphatic hydroxyl groups excluding tert-OH is 1. The van der Waals surface area contributed by atoms with Gasteiger partial charge in [-0.3, -0.25) is 14.0 Å². The lowest BCUT2D eigenvalue weighted by molar-refractivity contribution is 0.0900. The molecule has 0 bridgehead atoms. The number of thiophene rings is 1. The van der Waals surface area contributed by atoms with E-state index in [0.717, 1.165) is 17.4 Å². The van der Waals surface area contributed by atoms with Gasteiger partial charge >= 0.3 is 0 Å². The minimum Gasteiger partial charge on any atom is -0.394 e. The first kappa shape index (κ1) is 28.5. The smallest absolute Gasteiger partial charge is 0.270 e. The first-order valence-electron chi connectivity index (χ1n) is 12.6. The number of sulfone groups is 1. The molecular weight excluding hydrogens is 536 g/mol. The molecular formula is C28H32N4O5S2. The molecule has 11 heteroatoms. The van der Waals surface area contributed by atoms with Gasteiger partial charge in [0.1, 0.15) is 11.4 Å². The van der Waals surface area contributed by atoms with Crippen LogP contribution in [0.1, 0.15) is 59.6 Å². The molecule has 0 aliphatic rings. The number of benzene rings is 1. The van der Waals surface area contributed by atoms with E-state index < -0.39 is 21.9 Å². The largest absolute Gasteiger partial charge is 0.394 e. The maximum atomic E-state index is 13.5. The second kappa shape index (κ2) is 11.7. The molecule has 0 aliphatic carbocycles. The van der Waals surface area contributed by atoms with Crippen molar-refractivity contribution in [3.8, 4) is 11.3 Å². The number of aliphatic hydroxyl groups is 1. The highest BCUT2D eigenvalue weighted by molar-refractivity contribution is 7.90. The molecule has 39 heavy (non-hydrogen) atoms. The Labute approximate surface area is 231 Å². The molecule has 3 heterocycles. The van der Waals surface area contributed by atoms with E-state index in [1.165, 1.54) is 23.5 Å². The predicted molar refractivity (Wildman–Crippen MR) is 152 cm³/mol. The van der Waals surface area contributed by atoms with Crippen molar-refractivity contribution < 1.29 is 23.1 Å². The topological polar surface area (TPSA) is 130 Å². The summed E-state index contributed by atoms with van der Waals surface area (Å²) in [6, 6.07) is 10.7. The number of carbonyl (C=O) groups excluding carboxylic acids is 2. The Balaban J connectivity index is 1.69. The highest BCUT2D eigenvalue weighted by atomic mass is 32.2. The van der Waals surface area contributed by atoms with Gasteiger partial charge in [0.25, 0.3) is 11.8 Å². The molecule has 0 radical (unpaired) electrons. The number of nitrogens with one attached hydrogen (secondary N) is 2. The molecule has 3 N–H and O–H groups in total. The van der Waals surface area contributed by atoms with Gasteiger partial charge in [-0.05, 0) is 60.5 Å². The highest BCUT2D eigenvalue weighted by Crippen LogP contribution is 2.28. The average Bonchev–Trinajstić information content (AvgIpc) is 3.55. The van der Waals surface area contributed by atoms with Crippen LogP contribution in [0.5, 0.6) is 0 Å². The third-order valence-electron chi connectivity index (χ3n) is 6.37. The molecule has 0 saturated heterocycles. The van der Waals surface area contributed by atoms with E-state index in [1.807, 2.05) is 30.7 Å². The first-order valence-corrected chi connectivity index (χ1v) is 15.4. The Kier molecular flexibility index (Phi) is 8.53. The molecule has 0 spiro atoms. The van der Waals surface area contributed by atoms with Crippen molar-refractivity contribution in [3.63, 3.8) is 0 Å². The zero-order valence-electron chi connectivity index (χ0n) is 22.2. The standard InChI is InChI=1S/C28H32N4O5S2/c1-17(2)14-21(15-33)30-28(35)25-24(20-11-13-38-16-20)31-26-23(6-5-12-32(25)26)27(34)29-18(3)19-7-9-22(10-8-19)39(4,36)37/h5-13,16-18,21,33H,14-15H2,1-4H3,(H,29,34)(H,30,35)/t18-,21-/m0/s1. The minimum absolute atomic E-state index is 0.189. The number of aromatic nitrogens is 2. The van der Waals surface area contributed by atoms with Crippen LogP contribution in [0.2, 0.25) is 0 Å². The summed E-state index contributed by atoms with van der Waals surface area (Å²) in [5.74, 6) is -0.497. The van der Waals surface area contributed by atoms with Gasteiger partial charge in [-0.1, -0.05) is 26.0 Å². The maximum absolute atomic E-state index is 13.5. The molecule has 1 aromatic carbocycles. The highest BCUT2D eigenvalue weighted by Gasteiger charge is 2.26. The Morgan fingerprint density at radius 1 is 1.05 bits per heavy atom. The summed E-state index contributed by atoms with van der Waals surface area (Å²) < 4.78 is 25.1. The number of imidazole rings is 1. The molecule has 4 aromatic rings. The van der Waals surface area contributed by atoms with Crippen LogP contribution in [0.25, 0.3) is 16.9 Å². The van der Waals surface area contributed by atoms with Crippen molar-refractivity contribution in [2.24, 2.45) is 5.92 Å². The van der Waals surface area contributed by atoms with Gasteiger partial charge in [0.05, 0.1) is 29.1 Å². The molecule has 4 rings (SSSR count). The molecule has 0 fully saturated rings. The van der Waals surface area contributed by atoms with Crippen LogP contribution >= 0.6 is 11.3 Å². The molecule has 206 valence electrons. The van der Waals surface area contributed by atoms with E-state index in [2.05, 4.69) is 10.6 Å². The van der Waals surface area contributed by atoms with Crippen LogP contribution in [0.15, 0.2) is 64.3 Å². The molecule has 0 unspecified atom stereocenters. The van der Waals surface area contributed by atoms with E-state index in [-0.39, 0.29) is 40.5 Å². The molecule has 0 aliphatic heterocycles. The molecule has 2 amide bonds. The number of hydrogen-bond acceptors (Lipinski definition) is 7. The summed E-state index contributed by atoms with van der Waals surface area (Å²) >= 11 is 1.47. The summed E-state index contributed by atoms with van der Waals surface area (Å²) in [4.78, 5) is 31.8. The van der Waals surface area contributed by atoms with Gasteiger partial charge < -0.3 is 15.7 Å². The van der Waals surface area contributed by atoms with Crippen molar-refractivity contribution in [1.29, 1.82) is 0 Å². The number of amides is 2. The minimum atomic E-state index is -3.32. The number of hydrogen-bond donors (Lipinski definition) is 3. The second-order valence-electron chi connectivity index (χ2n) is 9.96. The fourth-order valence-electron chi connectivity index (χ4n) is 4.43. The van der Waals surface area contributed by atoms with Crippen molar-refractivity contribution in [2.75, 3.05) is 12.9 Å². The van der Waals surface area contributed by atoms with E-state index in [4.69, 9.17) is 4.98 Å². The van der Waals surface area contributed by atoms with Gasteiger partial charge in [-0.2, -0.15) is 11.3 Å². The normalized spacial score (nSPS) is 13.4. The average molecular weight is 569 g/mol. The zero-order valence-corrected chi connectivity index (χ0v) is 23.8. The van der Waals surface area contributed by atoms with Crippen LogP contribution < -0.4 is 10.6 Å². The summed E-state index contributed by atoms with van der Waals surface area (Å²) in [7, 11) is -3.32. The van der Waals surface area contributed by atoms with Gasteiger partial charge in [-0.25, -0.2) is 13.4 Å². The number of carbonyl (C=O) groups is 2. The van der Waals surface area contributed by atoms with Crippen molar-refractivity contribution >= 4 is 38.6 Å². The van der Waals surface area contributed by atoms with Crippen LogP contribution in [0, 0.1) is 5.92 Å². The first-order chi connectivity index (χ1) is 18.5. The summed E-state index contributed by atoms with van der Waals surface area (Å²) in [5.41, 5.74) is 2.83. The maximum Gasteiger partial charge on any atom is 0.270 e. The Bertz CT molecular complexity index is 1580. The molecule has 3 aromatic heterocycles. The van der Waals surface area contributed by atoms with Crippen molar-refractivity contribution in [1.82, 2.24) is 20.0 Å². The van der Waals surface area contributed by atoms with Crippen molar-refractivity contribution in [3.05, 3.63) is 76.2 Å². The van der Waals surface area contributed by atoms with Crippen LogP contribution in [-0.2, 0) is 9.84 Å². The lowest BCUT2D eigenvalue weighted by atomic mass is 10.0. The van der Waals surface area contributed by atoms with Crippen molar-refractivity contribution in [2.45, 2.75) is 44.2 Å². The van der Waals surface area contributed by atoms with E-state index >= 15 is 0 Å². The monoisotopic (exact) mass is 568 g/mol. The van der Waals surface area contributed by atoms with Gasteiger partial charge in [-0.15, -0.1) is 0 Å². The lowest BCUT2D eigenvalue weighted by Gasteiger charge is -2.18. The van der Waals surface area contributed by atoms with E-state index in [9.17, 15) is 23.1 Å². The van der Waals surface area contributed by atoms with Gasteiger partial charge in [0.15, 0.2) is 15.5 Å². The molecule has 0 saturated carbocycles. The third-order valence-corrected chi connectivity index (χ3v) is 8.18. The Morgan fingerprint density at radius 2 is 1.77 bits per heavy atom. The predicted octanol–water partition coefficient (Wildman–Crippen LogP) is 4.09. The summed E-state index contributed by atoms with van der Waals surface area (Å²) in [6.45, 7) is 5.65. The van der Waals surface area contributed by atoms with E-state index in [1.54, 1.807) is 41.8 Å². The zero-order chi connectivity index (χ0) is 28.3. The molecule has 9 nitrogen and oxygen atoms in total. The lowest BCUT2D eigenvalue weighted by Crippen LogP contribution is -2.39. The van der Waals surface area contributed by atoms with Gasteiger partial charge in [0, 0.05) is 23.4 Å². The Morgan fingerprint density at radius 3 is 2.36 bits per heavy atom. The van der Waals surface area contributed by atoms with Gasteiger partial charge in [0.2, 0.25) is 0 Å². The second-order valence-corrected chi connectivity index (χ2v) is 12.8. The van der Waals surface area contributed by atoms with Crippen LogP contribution in [-0.4, -0.2) is 53.6 Å². The number of rotatable bonds is 10. The number of fused-ring (bicyclic) bond motifs is 1. The third kappa shape index (κ3) is 6.38. The number of pyridine rings is 1. The number of nitrogens with zero attached hydrogens (tertiary/aromatic N) is 2. The quantitative estimate of drug-likeness (QED) is 0.264. The fraction of sp³-hybridized carbons (Fsp3) is 0.321. The fourth-order valence-corrected chi connectivity index (χ4v) is 5.70. The summed E-state index contributed by atoms with van der Waals surface area (Å²) in [6.07, 6.45) is 3.45. The SMILES string of the molecule is CC(C)C[C@@H](CO)NC(=O)c1c(-c2ccsc2)nc2c(C(=O)N[C@@H](C)c3ccc(S(C)(=O)=O)cc3)cccn12. The van der Waals surface area contributed by atoms with Crippen LogP contribution in [0.3, 0.4) is 0 Å². The van der Waals surface area contributed by atoms with E-state index in [0.29, 0.717) is 17.8 Å². The van der Waals surface area contributed by atoms with Crippen LogP contribution in [0.4, 0.5) is 0 Å².